The molecule has 2 unspecified atom stereocenters. The molecule has 1 N–H and O–H groups in total. The lowest BCUT2D eigenvalue weighted by molar-refractivity contribution is -0.153. The van der Waals surface area contributed by atoms with Crippen LogP contribution >= 0.6 is 0 Å². The van der Waals surface area contributed by atoms with Crippen LogP contribution in [-0.4, -0.2) is 28.8 Å². The Morgan fingerprint density at radius 2 is 1.95 bits per heavy atom. The lowest BCUT2D eigenvalue weighted by Crippen LogP contribution is -2.65. The molecule has 2 atom stereocenters. The van der Waals surface area contributed by atoms with E-state index in [-0.39, 0.29) is 23.7 Å². The number of carbonyl (C=O) groups is 2. The van der Waals surface area contributed by atoms with Crippen LogP contribution in [0.4, 0.5) is 0 Å². The summed E-state index contributed by atoms with van der Waals surface area (Å²) in [5.74, 6) is 0.0617. The standard InChI is InChI=1S/C15H22N2O3/c1-9(2)12-15(19)17(7-11-5-6-20-8-11)13(10(3)4)14(18)16-12/h5-6,8-10,12-13H,7H2,1-4H3,(H,16,18). The van der Waals surface area contributed by atoms with Crippen molar-refractivity contribution in [1.29, 1.82) is 0 Å². The summed E-state index contributed by atoms with van der Waals surface area (Å²) < 4.78 is 5.05. The number of rotatable bonds is 4. The third-order valence-electron chi connectivity index (χ3n) is 3.68. The van der Waals surface area contributed by atoms with Gasteiger partial charge in [-0.15, -0.1) is 0 Å². The molecular formula is C15H22N2O3. The van der Waals surface area contributed by atoms with Gasteiger partial charge in [0.2, 0.25) is 11.8 Å². The number of nitrogens with one attached hydrogen (secondary N) is 1. The van der Waals surface area contributed by atoms with Crippen molar-refractivity contribution in [3.63, 3.8) is 0 Å². The van der Waals surface area contributed by atoms with Crippen LogP contribution in [-0.2, 0) is 16.1 Å². The average Bonchev–Trinajstić information content (AvgIpc) is 2.85. The van der Waals surface area contributed by atoms with Gasteiger partial charge in [-0.25, -0.2) is 0 Å². The molecule has 1 aromatic heterocycles. The summed E-state index contributed by atoms with van der Waals surface area (Å²) in [4.78, 5) is 26.6. The van der Waals surface area contributed by atoms with Crippen molar-refractivity contribution in [2.24, 2.45) is 11.8 Å². The zero-order valence-corrected chi connectivity index (χ0v) is 12.4. The smallest absolute Gasteiger partial charge is 0.246 e. The molecule has 2 rings (SSSR count). The third-order valence-corrected chi connectivity index (χ3v) is 3.68. The zero-order chi connectivity index (χ0) is 14.9. The Morgan fingerprint density at radius 3 is 2.45 bits per heavy atom. The predicted octanol–water partition coefficient (Wildman–Crippen LogP) is 1.79. The minimum absolute atomic E-state index is 0.0144. The van der Waals surface area contributed by atoms with Crippen molar-refractivity contribution < 1.29 is 14.0 Å². The van der Waals surface area contributed by atoms with Crippen LogP contribution < -0.4 is 5.32 Å². The van der Waals surface area contributed by atoms with Crippen molar-refractivity contribution >= 4 is 11.8 Å². The molecule has 0 aromatic carbocycles. The number of hydrogen-bond donors (Lipinski definition) is 1. The lowest BCUT2D eigenvalue weighted by atomic mass is 9.92. The zero-order valence-electron chi connectivity index (χ0n) is 12.4. The fourth-order valence-corrected chi connectivity index (χ4v) is 2.63. The molecule has 2 amide bonds. The first kappa shape index (κ1) is 14.6. The Hall–Kier alpha value is -1.78. The fraction of sp³-hybridized carbons (Fsp3) is 0.600. The van der Waals surface area contributed by atoms with E-state index in [0.717, 1.165) is 5.56 Å². The summed E-state index contributed by atoms with van der Waals surface area (Å²) in [7, 11) is 0. The van der Waals surface area contributed by atoms with Crippen molar-refractivity contribution in [3.05, 3.63) is 24.2 Å². The summed E-state index contributed by atoms with van der Waals surface area (Å²) in [6, 6.07) is 0.957. The second-order valence-corrected chi connectivity index (χ2v) is 6.02. The minimum Gasteiger partial charge on any atom is -0.472 e. The average molecular weight is 278 g/mol. The molecule has 0 radical (unpaired) electrons. The van der Waals surface area contributed by atoms with Gasteiger partial charge in [-0.1, -0.05) is 27.7 Å². The van der Waals surface area contributed by atoms with Crippen molar-refractivity contribution in [2.45, 2.75) is 46.3 Å². The number of furan rings is 1. The quantitative estimate of drug-likeness (QED) is 0.913. The van der Waals surface area contributed by atoms with Crippen LogP contribution in [0.2, 0.25) is 0 Å². The number of hydrogen-bond acceptors (Lipinski definition) is 3. The van der Waals surface area contributed by atoms with E-state index >= 15 is 0 Å². The van der Waals surface area contributed by atoms with Crippen LogP contribution in [0.25, 0.3) is 0 Å². The Labute approximate surface area is 119 Å². The van der Waals surface area contributed by atoms with Gasteiger partial charge < -0.3 is 14.6 Å². The molecule has 1 aromatic rings. The van der Waals surface area contributed by atoms with E-state index in [1.54, 1.807) is 17.4 Å². The van der Waals surface area contributed by atoms with Gasteiger partial charge in [-0.3, -0.25) is 9.59 Å². The summed E-state index contributed by atoms with van der Waals surface area (Å²) in [6.45, 7) is 8.20. The largest absolute Gasteiger partial charge is 0.472 e. The number of carbonyl (C=O) groups excluding carboxylic acids is 2. The summed E-state index contributed by atoms with van der Waals surface area (Å²) in [5.41, 5.74) is 0.904. The predicted molar refractivity (Wildman–Crippen MR) is 74.7 cm³/mol. The first-order chi connectivity index (χ1) is 9.41. The minimum atomic E-state index is -0.440. The molecule has 1 fully saturated rings. The van der Waals surface area contributed by atoms with Gasteiger partial charge in [-0.05, 0) is 17.9 Å². The van der Waals surface area contributed by atoms with Crippen molar-refractivity contribution in [1.82, 2.24) is 10.2 Å². The molecule has 1 saturated heterocycles. The SMILES string of the molecule is CC(C)C1NC(=O)C(C(C)C)N(Cc2ccoc2)C1=O. The maximum Gasteiger partial charge on any atom is 0.246 e. The molecular weight excluding hydrogens is 256 g/mol. The van der Waals surface area contributed by atoms with Gasteiger partial charge >= 0.3 is 0 Å². The second-order valence-electron chi connectivity index (χ2n) is 6.02. The lowest BCUT2D eigenvalue weighted by Gasteiger charge is -2.41. The van der Waals surface area contributed by atoms with Crippen LogP contribution in [0.3, 0.4) is 0 Å². The topological polar surface area (TPSA) is 62.6 Å². The maximum atomic E-state index is 12.6. The molecule has 1 aliphatic heterocycles. The van der Waals surface area contributed by atoms with E-state index in [1.807, 2.05) is 33.8 Å². The molecule has 2 heterocycles. The highest BCUT2D eigenvalue weighted by Gasteiger charge is 2.42. The van der Waals surface area contributed by atoms with Crippen LogP contribution in [0.1, 0.15) is 33.3 Å². The van der Waals surface area contributed by atoms with Gasteiger partial charge in [0.05, 0.1) is 12.5 Å². The summed E-state index contributed by atoms with van der Waals surface area (Å²) in [6.07, 6.45) is 3.19. The summed E-state index contributed by atoms with van der Waals surface area (Å²) in [5, 5.41) is 2.85. The fourth-order valence-electron chi connectivity index (χ4n) is 2.63. The van der Waals surface area contributed by atoms with Crippen LogP contribution in [0.5, 0.6) is 0 Å². The molecule has 5 nitrogen and oxygen atoms in total. The highest BCUT2D eigenvalue weighted by atomic mass is 16.3. The Balaban J connectivity index is 2.28. The van der Waals surface area contributed by atoms with Gasteiger partial charge in [-0.2, -0.15) is 0 Å². The normalized spacial score (nSPS) is 23.6. The van der Waals surface area contributed by atoms with Crippen LogP contribution in [0.15, 0.2) is 23.0 Å². The first-order valence-electron chi connectivity index (χ1n) is 7.03. The highest BCUT2D eigenvalue weighted by Crippen LogP contribution is 2.23. The van der Waals surface area contributed by atoms with E-state index in [1.165, 1.54) is 0 Å². The van der Waals surface area contributed by atoms with E-state index in [2.05, 4.69) is 5.32 Å². The molecule has 0 spiro atoms. The third kappa shape index (κ3) is 2.71. The van der Waals surface area contributed by atoms with E-state index in [0.29, 0.717) is 6.54 Å². The first-order valence-corrected chi connectivity index (χ1v) is 7.03. The molecule has 110 valence electrons. The number of amides is 2. The molecule has 20 heavy (non-hydrogen) atoms. The Kier molecular flexibility index (Phi) is 4.16. The number of nitrogens with zero attached hydrogens (tertiary/aromatic N) is 1. The van der Waals surface area contributed by atoms with E-state index in [4.69, 9.17) is 4.42 Å². The van der Waals surface area contributed by atoms with E-state index in [9.17, 15) is 9.59 Å². The van der Waals surface area contributed by atoms with E-state index < -0.39 is 12.1 Å². The molecule has 0 bridgehead atoms. The van der Waals surface area contributed by atoms with Gasteiger partial charge in [0.25, 0.3) is 0 Å². The molecule has 0 aliphatic carbocycles. The van der Waals surface area contributed by atoms with Gasteiger partial charge in [0.15, 0.2) is 0 Å². The maximum absolute atomic E-state index is 12.6. The Bertz CT molecular complexity index is 479. The molecule has 1 aliphatic rings. The van der Waals surface area contributed by atoms with Gasteiger partial charge in [0.1, 0.15) is 12.1 Å². The van der Waals surface area contributed by atoms with Gasteiger partial charge in [0, 0.05) is 12.1 Å². The second kappa shape index (κ2) is 5.69. The monoisotopic (exact) mass is 278 g/mol. The molecule has 5 heteroatoms. The molecule has 0 saturated carbocycles. The number of piperazine rings is 1. The van der Waals surface area contributed by atoms with Crippen molar-refractivity contribution in [3.8, 4) is 0 Å². The Morgan fingerprint density at radius 1 is 1.25 bits per heavy atom. The van der Waals surface area contributed by atoms with Crippen molar-refractivity contribution in [2.75, 3.05) is 0 Å². The van der Waals surface area contributed by atoms with Crippen LogP contribution in [0, 0.1) is 11.8 Å². The highest BCUT2D eigenvalue weighted by molar-refractivity contribution is 5.97. The summed E-state index contributed by atoms with van der Waals surface area (Å²) >= 11 is 0.